The number of hydrogen-bond donors (Lipinski definition) is 10. The van der Waals surface area contributed by atoms with E-state index in [1.807, 2.05) is 0 Å². The van der Waals surface area contributed by atoms with Crippen LogP contribution in [0.5, 0.6) is 57.5 Å². The molecule has 0 aromatic heterocycles. The van der Waals surface area contributed by atoms with Crippen LogP contribution >= 0.6 is 0 Å². The highest BCUT2D eigenvalue weighted by Crippen LogP contribution is 2.55. The van der Waals surface area contributed by atoms with Crippen LogP contribution in [0.1, 0.15) is 45.9 Å². The predicted molar refractivity (Wildman–Crippen MR) is 143 cm³/mol. The number of aromatic hydroxyl groups is 8. The van der Waals surface area contributed by atoms with Gasteiger partial charge in [-0.05, 0) is 35.9 Å². The van der Waals surface area contributed by atoms with E-state index in [-0.39, 0.29) is 51.7 Å². The average Bonchev–Trinajstić information content (AvgIpc) is 2.94. The fourth-order valence-corrected chi connectivity index (χ4v) is 5.67. The van der Waals surface area contributed by atoms with Gasteiger partial charge in [0.25, 0.3) is 0 Å². The Morgan fingerprint density at radius 1 is 0.571 bits per heavy atom. The Hall–Kier alpha value is -5.20. The summed E-state index contributed by atoms with van der Waals surface area (Å²) < 4.78 is 11.8. The number of hydrogen-bond acceptors (Lipinski definition) is 12. The van der Waals surface area contributed by atoms with Gasteiger partial charge in [-0.25, -0.2) is 0 Å². The SMILES string of the molecule is Oc1ccc2c(c1)OC(c1cc(O)c(O)c(O)c1)C(O)C2c1c(O)cc2c(c1O)CC(O)C(c1ccc(O)c(O)c1)O2. The molecule has 0 radical (unpaired) electrons. The van der Waals surface area contributed by atoms with E-state index in [1.54, 1.807) is 0 Å². The maximum absolute atomic E-state index is 11.6. The Bertz CT molecular complexity index is 1690. The predicted octanol–water partition coefficient (Wildman–Crippen LogP) is 3.00. The van der Waals surface area contributed by atoms with Crippen LogP contribution in [0.15, 0.2) is 54.6 Å². The summed E-state index contributed by atoms with van der Waals surface area (Å²) >= 11 is 0. The quantitative estimate of drug-likeness (QED) is 0.159. The van der Waals surface area contributed by atoms with Crippen molar-refractivity contribution in [3.8, 4) is 57.5 Å². The van der Waals surface area contributed by atoms with Gasteiger partial charge in [0.2, 0.25) is 0 Å². The van der Waals surface area contributed by atoms with Crippen LogP contribution in [0.3, 0.4) is 0 Å². The lowest BCUT2D eigenvalue weighted by molar-refractivity contribution is 0.00650. The third-order valence-corrected chi connectivity index (χ3v) is 7.70. The van der Waals surface area contributed by atoms with Crippen LogP contribution < -0.4 is 9.47 Å². The van der Waals surface area contributed by atoms with Crippen molar-refractivity contribution in [1.82, 2.24) is 0 Å². The maximum atomic E-state index is 11.6. The zero-order valence-electron chi connectivity index (χ0n) is 21.6. The Kier molecular flexibility index (Phi) is 6.24. The zero-order chi connectivity index (χ0) is 30.0. The van der Waals surface area contributed by atoms with Crippen molar-refractivity contribution in [2.75, 3.05) is 0 Å². The number of rotatable bonds is 3. The fraction of sp³-hybridized carbons (Fsp3) is 0.200. The number of fused-ring (bicyclic) bond motifs is 2. The molecule has 4 aromatic carbocycles. The van der Waals surface area contributed by atoms with E-state index in [2.05, 4.69) is 0 Å². The lowest BCUT2D eigenvalue weighted by Crippen LogP contribution is -2.35. The molecule has 6 rings (SSSR count). The summed E-state index contributed by atoms with van der Waals surface area (Å²) in [6.07, 6.45) is -5.24. The van der Waals surface area contributed by atoms with Gasteiger partial charge in [-0.2, -0.15) is 0 Å². The van der Waals surface area contributed by atoms with Crippen molar-refractivity contribution < 1.29 is 60.5 Å². The number of ether oxygens (including phenoxy) is 2. The van der Waals surface area contributed by atoms with Crippen molar-refractivity contribution in [3.63, 3.8) is 0 Å². The van der Waals surface area contributed by atoms with Crippen LogP contribution in [0.25, 0.3) is 0 Å². The van der Waals surface area contributed by atoms with E-state index in [0.29, 0.717) is 5.56 Å². The Labute approximate surface area is 237 Å². The van der Waals surface area contributed by atoms with E-state index in [4.69, 9.17) is 9.47 Å². The van der Waals surface area contributed by atoms with Crippen LogP contribution in [-0.4, -0.2) is 63.3 Å². The second kappa shape index (κ2) is 9.72. The second-order valence-corrected chi connectivity index (χ2v) is 10.3. The van der Waals surface area contributed by atoms with Crippen molar-refractivity contribution in [2.45, 2.75) is 36.8 Å². The van der Waals surface area contributed by atoms with Gasteiger partial charge in [0.15, 0.2) is 34.9 Å². The van der Waals surface area contributed by atoms with E-state index >= 15 is 0 Å². The van der Waals surface area contributed by atoms with Crippen LogP contribution in [-0.2, 0) is 6.42 Å². The number of phenols is 8. The number of aliphatic hydroxyl groups is 2. The highest BCUT2D eigenvalue weighted by atomic mass is 16.5. The summed E-state index contributed by atoms with van der Waals surface area (Å²) in [5.41, 5.74) is 0.660. The van der Waals surface area contributed by atoms with Crippen LogP contribution in [0.4, 0.5) is 0 Å². The van der Waals surface area contributed by atoms with E-state index in [1.165, 1.54) is 42.5 Å². The minimum atomic E-state index is -1.55. The minimum absolute atomic E-state index is 0.0361. The topological polar surface area (TPSA) is 221 Å². The first-order valence-corrected chi connectivity index (χ1v) is 12.8. The smallest absolute Gasteiger partial charge is 0.200 e. The fourth-order valence-electron chi connectivity index (χ4n) is 5.67. The molecule has 12 nitrogen and oxygen atoms in total. The summed E-state index contributed by atoms with van der Waals surface area (Å²) in [6.45, 7) is 0. The minimum Gasteiger partial charge on any atom is -0.508 e. The number of aliphatic hydroxyl groups excluding tert-OH is 2. The molecule has 42 heavy (non-hydrogen) atoms. The molecule has 12 heteroatoms. The van der Waals surface area contributed by atoms with Crippen molar-refractivity contribution in [3.05, 3.63) is 82.4 Å². The third-order valence-electron chi connectivity index (χ3n) is 7.70. The molecule has 10 N–H and O–H groups in total. The molecule has 218 valence electrons. The largest absolute Gasteiger partial charge is 0.508 e. The summed E-state index contributed by atoms with van der Waals surface area (Å²) in [6, 6.07) is 11.3. The van der Waals surface area contributed by atoms with Gasteiger partial charge in [0, 0.05) is 46.7 Å². The van der Waals surface area contributed by atoms with E-state index in [0.717, 1.165) is 12.1 Å². The monoisotopic (exact) mass is 578 g/mol. The molecule has 2 heterocycles. The highest BCUT2D eigenvalue weighted by molar-refractivity contribution is 5.63. The summed E-state index contributed by atoms with van der Waals surface area (Å²) in [4.78, 5) is 0. The Morgan fingerprint density at radius 2 is 1.24 bits per heavy atom. The normalized spacial score (nSPS) is 22.9. The molecular weight excluding hydrogens is 552 g/mol. The summed E-state index contributed by atoms with van der Waals surface area (Å²) in [5.74, 6) is -5.12. The molecule has 5 atom stereocenters. The van der Waals surface area contributed by atoms with Gasteiger partial charge in [0.1, 0.15) is 41.0 Å². The number of phenolic OH excluding ortho intramolecular Hbond substituents is 8. The zero-order valence-corrected chi connectivity index (χ0v) is 21.6. The molecule has 0 amide bonds. The molecule has 2 aliphatic rings. The lowest BCUT2D eigenvalue weighted by atomic mass is 9.78. The first-order valence-electron chi connectivity index (χ1n) is 12.8. The Morgan fingerprint density at radius 3 is 1.93 bits per heavy atom. The molecule has 2 aliphatic heterocycles. The van der Waals surface area contributed by atoms with Crippen LogP contribution in [0, 0.1) is 0 Å². The van der Waals surface area contributed by atoms with Gasteiger partial charge in [0.05, 0.1) is 6.10 Å². The third kappa shape index (κ3) is 4.24. The molecule has 0 saturated heterocycles. The van der Waals surface area contributed by atoms with E-state index in [9.17, 15) is 51.1 Å². The first kappa shape index (κ1) is 27.0. The maximum Gasteiger partial charge on any atom is 0.200 e. The molecule has 0 aliphatic carbocycles. The molecule has 4 aromatic rings. The van der Waals surface area contributed by atoms with Gasteiger partial charge < -0.3 is 60.5 Å². The van der Waals surface area contributed by atoms with E-state index < -0.39 is 64.8 Å². The average molecular weight is 579 g/mol. The first-order chi connectivity index (χ1) is 19.9. The number of benzene rings is 4. The second-order valence-electron chi connectivity index (χ2n) is 10.3. The van der Waals surface area contributed by atoms with Crippen molar-refractivity contribution in [1.29, 1.82) is 0 Å². The lowest BCUT2D eigenvalue weighted by Gasteiger charge is -2.39. The highest BCUT2D eigenvalue weighted by Gasteiger charge is 2.44. The molecule has 0 spiro atoms. The summed E-state index contributed by atoms with van der Waals surface area (Å²) in [7, 11) is 0. The standard InChI is InChI=1S/C30H26O12/c31-13-2-3-14-22(8-13)42-30(12-6-19(35)27(39)20(36)7-12)28(40)24(14)25-18(34)10-23-15(26(25)38)9-21(37)29(41-23)11-1-4-16(32)17(33)5-11/h1-8,10,21,24,28-40H,9H2. The molecule has 0 bridgehead atoms. The van der Waals surface area contributed by atoms with Gasteiger partial charge >= 0.3 is 0 Å². The van der Waals surface area contributed by atoms with Gasteiger partial charge in [-0.1, -0.05) is 12.1 Å². The molecule has 5 unspecified atom stereocenters. The summed E-state index contributed by atoms with van der Waals surface area (Å²) in [5, 5.41) is 105. The molecule has 0 fully saturated rings. The van der Waals surface area contributed by atoms with Gasteiger partial charge in [-0.3, -0.25) is 0 Å². The molecule has 0 saturated carbocycles. The Balaban J connectivity index is 1.45. The van der Waals surface area contributed by atoms with Crippen molar-refractivity contribution in [2.24, 2.45) is 0 Å². The molecular formula is C30H26O12. The van der Waals surface area contributed by atoms with Crippen LogP contribution in [0.2, 0.25) is 0 Å². The van der Waals surface area contributed by atoms with Gasteiger partial charge in [-0.15, -0.1) is 0 Å². The van der Waals surface area contributed by atoms with Crippen molar-refractivity contribution >= 4 is 0 Å².